The molecule has 1 amide bonds. The lowest BCUT2D eigenvalue weighted by Gasteiger charge is -2.07. The Hall–Kier alpha value is -1.33. The van der Waals surface area contributed by atoms with Crippen LogP contribution in [0.15, 0.2) is 41.1 Å². The Bertz CT molecular complexity index is 542. The van der Waals surface area contributed by atoms with Crippen molar-refractivity contribution in [1.29, 1.82) is 0 Å². The second-order valence-electron chi connectivity index (χ2n) is 3.63. The van der Waals surface area contributed by atoms with Crippen LogP contribution in [0.5, 0.6) is 0 Å². The predicted octanol–water partition coefficient (Wildman–Crippen LogP) is 2.73. The van der Waals surface area contributed by atoms with Gasteiger partial charge in [0, 0.05) is 23.4 Å². The van der Waals surface area contributed by atoms with Gasteiger partial charge in [-0.1, -0.05) is 17.7 Å². The predicted molar refractivity (Wildman–Crippen MR) is 73.7 cm³/mol. The van der Waals surface area contributed by atoms with E-state index in [1.54, 1.807) is 29.1 Å². The van der Waals surface area contributed by atoms with Gasteiger partial charge in [0.1, 0.15) is 0 Å². The lowest BCUT2D eigenvalue weighted by atomic mass is 10.2. The molecule has 0 bridgehead atoms. The van der Waals surface area contributed by atoms with E-state index in [4.69, 9.17) is 11.6 Å². The number of aromatic nitrogens is 2. The number of carbonyl (C=O) groups excluding carboxylic acids is 1. The molecule has 1 aromatic heterocycles. The molecule has 0 aliphatic heterocycles. The van der Waals surface area contributed by atoms with Gasteiger partial charge in [-0.05, 0) is 34.1 Å². The van der Waals surface area contributed by atoms with Gasteiger partial charge in [0.2, 0.25) is 0 Å². The second-order valence-corrected chi connectivity index (χ2v) is 4.86. The largest absolute Gasteiger partial charge is 0.350 e. The van der Waals surface area contributed by atoms with Crippen LogP contribution >= 0.6 is 27.5 Å². The molecule has 6 heteroatoms. The number of hydrogen-bond donors (Lipinski definition) is 1. The third kappa shape index (κ3) is 3.11. The number of nitrogens with one attached hydrogen (secondary N) is 1. The first-order chi connectivity index (χ1) is 8.68. The van der Waals surface area contributed by atoms with E-state index in [0.29, 0.717) is 28.1 Å². The van der Waals surface area contributed by atoms with Crippen LogP contribution in [0.3, 0.4) is 0 Å². The lowest BCUT2D eigenvalue weighted by Crippen LogP contribution is -2.27. The maximum atomic E-state index is 11.9. The van der Waals surface area contributed by atoms with E-state index in [2.05, 4.69) is 26.3 Å². The first-order valence-corrected chi connectivity index (χ1v) is 6.55. The van der Waals surface area contributed by atoms with Crippen molar-refractivity contribution < 1.29 is 4.79 Å². The number of halogens is 2. The van der Waals surface area contributed by atoms with E-state index in [1.165, 1.54) is 0 Å². The summed E-state index contributed by atoms with van der Waals surface area (Å²) in [6, 6.07) is 7.10. The van der Waals surface area contributed by atoms with Crippen molar-refractivity contribution in [3.8, 4) is 0 Å². The highest BCUT2D eigenvalue weighted by atomic mass is 79.9. The molecular formula is C12H11BrClN3O. The zero-order valence-corrected chi connectivity index (χ0v) is 11.8. The number of amides is 1. The fourth-order valence-corrected chi connectivity index (χ4v) is 2.07. The summed E-state index contributed by atoms with van der Waals surface area (Å²) in [7, 11) is 0. The minimum Gasteiger partial charge on any atom is -0.350 e. The van der Waals surface area contributed by atoms with Crippen LogP contribution in [0.4, 0.5) is 0 Å². The molecule has 94 valence electrons. The Balaban J connectivity index is 1.93. The number of rotatable bonds is 4. The molecule has 0 saturated heterocycles. The Morgan fingerprint density at radius 3 is 3.00 bits per heavy atom. The summed E-state index contributed by atoms with van der Waals surface area (Å²) in [6.45, 7) is 1.13. The van der Waals surface area contributed by atoms with Crippen LogP contribution in [0, 0.1) is 0 Å². The highest BCUT2D eigenvalue weighted by molar-refractivity contribution is 9.10. The van der Waals surface area contributed by atoms with E-state index in [-0.39, 0.29) is 5.91 Å². The van der Waals surface area contributed by atoms with Gasteiger partial charge < -0.3 is 5.32 Å². The monoisotopic (exact) mass is 327 g/mol. The minimum absolute atomic E-state index is 0.187. The Morgan fingerprint density at radius 1 is 1.44 bits per heavy atom. The minimum atomic E-state index is -0.187. The zero-order valence-electron chi connectivity index (χ0n) is 9.44. The molecule has 0 saturated carbocycles. The quantitative estimate of drug-likeness (QED) is 0.938. The number of benzene rings is 1. The molecule has 2 rings (SSSR count). The fraction of sp³-hybridized carbons (Fsp3) is 0.167. The molecular weight excluding hydrogens is 318 g/mol. The summed E-state index contributed by atoms with van der Waals surface area (Å²) in [6.07, 6.45) is 3.55. The van der Waals surface area contributed by atoms with Crippen LogP contribution in [0.1, 0.15) is 10.4 Å². The molecule has 1 aromatic carbocycles. The van der Waals surface area contributed by atoms with Gasteiger partial charge in [-0.3, -0.25) is 9.48 Å². The van der Waals surface area contributed by atoms with E-state index in [1.807, 2.05) is 12.3 Å². The standard InChI is InChI=1S/C12H11BrClN3O/c13-10-4-1-3-9(11(10)14)12(18)15-6-8-17-7-2-5-16-17/h1-5,7H,6,8H2,(H,15,18). The van der Waals surface area contributed by atoms with E-state index < -0.39 is 0 Å². The Kier molecular flexibility index (Phi) is 4.38. The second kappa shape index (κ2) is 6.02. The van der Waals surface area contributed by atoms with E-state index >= 15 is 0 Å². The topological polar surface area (TPSA) is 46.9 Å². The van der Waals surface area contributed by atoms with Crippen molar-refractivity contribution in [2.75, 3.05) is 6.54 Å². The molecule has 0 spiro atoms. The molecule has 0 aliphatic carbocycles. The van der Waals surface area contributed by atoms with Crippen molar-refractivity contribution in [3.05, 3.63) is 51.7 Å². The summed E-state index contributed by atoms with van der Waals surface area (Å²) < 4.78 is 2.46. The van der Waals surface area contributed by atoms with Crippen LogP contribution in [0.2, 0.25) is 5.02 Å². The van der Waals surface area contributed by atoms with Gasteiger partial charge in [-0.2, -0.15) is 5.10 Å². The molecule has 18 heavy (non-hydrogen) atoms. The SMILES string of the molecule is O=C(NCCn1cccn1)c1cccc(Br)c1Cl. The summed E-state index contributed by atoms with van der Waals surface area (Å²) in [5, 5.41) is 7.27. The molecule has 0 atom stereocenters. The Labute approximate surface area is 118 Å². The third-order valence-corrected chi connectivity index (χ3v) is 3.68. The van der Waals surface area contributed by atoms with Gasteiger partial charge in [-0.15, -0.1) is 0 Å². The van der Waals surface area contributed by atoms with Gasteiger partial charge in [-0.25, -0.2) is 0 Å². The number of nitrogens with zero attached hydrogens (tertiary/aromatic N) is 2. The third-order valence-electron chi connectivity index (χ3n) is 2.38. The molecule has 0 unspecified atom stereocenters. The smallest absolute Gasteiger partial charge is 0.252 e. The average Bonchev–Trinajstić information content (AvgIpc) is 2.85. The normalized spacial score (nSPS) is 10.3. The van der Waals surface area contributed by atoms with Crippen molar-refractivity contribution >= 4 is 33.4 Å². The Morgan fingerprint density at radius 2 is 2.28 bits per heavy atom. The summed E-state index contributed by atoms with van der Waals surface area (Å²) in [5.74, 6) is -0.187. The van der Waals surface area contributed by atoms with Crippen molar-refractivity contribution in [1.82, 2.24) is 15.1 Å². The maximum Gasteiger partial charge on any atom is 0.252 e. The molecule has 0 aliphatic rings. The van der Waals surface area contributed by atoms with Gasteiger partial charge in [0.05, 0.1) is 17.1 Å². The fourth-order valence-electron chi connectivity index (χ4n) is 1.49. The van der Waals surface area contributed by atoms with Crippen molar-refractivity contribution in [3.63, 3.8) is 0 Å². The van der Waals surface area contributed by atoms with E-state index in [0.717, 1.165) is 0 Å². The molecule has 0 radical (unpaired) electrons. The molecule has 2 aromatic rings. The first kappa shape index (κ1) is 13.1. The van der Waals surface area contributed by atoms with Gasteiger partial charge in [0.25, 0.3) is 5.91 Å². The molecule has 1 N–H and O–H groups in total. The molecule has 4 nitrogen and oxygen atoms in total. The van der Waals surface area contributed by atoms with Crippen LogP contribution < -0.4 is 5.32 Å². The maximum absolute atomic E-state index is 11.9. The summed E-state index contributed by atoms with van der Waals surface area (Å²) in [5.41, 5.74) is 0.464. The molecule has 1 heterocycles. The first-order valence-electron chi connectivity index (χ1n) is 5.38. The van der Waals surface area contributed by atoms with Crippen molar-refractivity contribution in [2.45, 2.75) is 6.54 Å². The number of carbonyl (C=O) groups is 1. The summed E-state index contributed by atoms with van der Waals surface area (Å²) in [4.78, 5) is 11.9. The van der Waals surface area contributed by atoms with Crippen LogP contribution in [0.25, 0.3) is 0 Å². The van der Waals surface area contributed by atoms with Crippen molar-refractivity contribution in [2.24, 2.45) is 0 Å². The highest BCUT2D eigenvalue weighted by Gasteiger charge is 2.11. The zero-order chi connectivity index (χ0) is 13.0. The number of hydrogen-bond acceptors (Lipinski definition) is 2. The van der Waals surface area contributed by atoms with Gasteiger partial charge in [0.15, 0.2) is 0 Å². The average molecular weight is 329 g/mol. The lowest BCUT2D eigenvalue weighted by molar-refractivity contribution is 0.0952. The summed E-state index contributed by atoms with van der Waals surface area (Å²) >= 11 is 9.33. The molecule has 0 fully saturated rings. The van der Waals surface area contributed by atoms with Gasteiger partial charge >= 0.3 is 0 Å². The van der Waals surface area contributed by atoms with E-state index in [9.17, 15) is 4.79 Å². The highest BCUT2D eigenvalue weighted by Crippen LogP contribution is 2.25. The van der Waals surface area contributed by atoms with Crippen LogP contribution in [-0.4, -0.2) is 22.2 Å². The van der Waals surface area contributed by atoms with Crippen LogP contribution in [-0.2, 0) is 6.54 Å².